The second-order valence-electron chi connectivity index (χ2n) is 4.63. The Labute approximate surface area is 137 Å². The number of aromatic nitrogens is 1. The third kappa shape index (κ3) is 3.90. The number of rotatable bonds is 7. The van der Waals surface area contributed by atoms with Crippen LogP contribution in [0.1, 0.15) is 17.3 Å². The van der Waals surface area contributed by atoms with Crippen LogP contribution in [0.4, 0.5) is 0 Å². The summed E-state index contributed by atoms with van der Waals surface area (Å²) < 4.78 is 5.14. The number of nitrogens with one attached hydrogen (secondary N) is 1. The van der Waals surface area contributed by atoms with E-state index in [4.69, 9.17) is 21.4 Å². The number of hydrazine groups is 1. The normalized spacial score (nSPS) is 13.3. The lowest BCUT2D eigenvalue weighted by Gasteiger charge is -2.12. The van der Waals surface area contributed by atoms with E-state index in [0.717, 1.165) is 5.01 Å². The molecule has 0 amide bonds. The van der Waals surface area contributed by atoms with Crippen molar-refractivity contribution >= 4 is 29.7 Å². The van der Waals surface area contributed by atoms with E-state index in [0.29, 0.717) is 5.70 Å². The second kappa shape index (κ2) is 7.79. The Morgan fingerprint density at radius 1 is 1.50 bits per heavy atom. The van der Waals surface area contributed by atoms with Crippen LogP contribution in [0.5, 0.6) is 0 Å². The number of aliphatic carboxylic acids is 1. The van der Waals surface area contributed by atoms with E-state index in [1.54, 1.807) is 6.92 Å². The molecular formula is C15H19N5O4. The van der Waals surface area contributed by atoms with Gasteiger partial charge in [0, 0.05) is 11.9 Å². The van der Waals surface area contributed by atoms with Gasteiger partial charge in [-0.25, -0.2) is 15.6 Å². The average Bonchev–Trinajstić information content (AvgIpc) is 2.96. The number of hydrogen-bond donors (Lipinski definition) is 4. The number of hydrogen-bond acceptors (Lipinski definition) is 6. The van der Waals surface area contributed by atoms with E-state index in [1.165, 1.54) is 25.7 Å². The number of carboxylic acids is 1. The number of methoxy groups -OCH3 is 1. The summed E-state index contributed by atoms with van der Waals surface area (Å²) in [6.07, 6.45) is 3.75. The molecule has 1 aromatic heterocycles. The number of ketones is 1. The third-order valence-electron chi connectivity index (χ3n) is 2.91. The predicted molar refractivity (Wildman–Crippen MR) is 89.6 cm³/mol. The van der Waals surface area contributed by atoms with Crippen LogP contribution in [0.2, 0.25) is 0 Å². The number of carbonyl (C=O) groups excluding carboxylic acids is 1. The van der Waals surface area contributed by atoms with Crippen LogP contribution in [0, 0.1) is 0 Å². The van der Waals surface area contributed by atoms with Crippen LogP contribution in [-0.2, 0) is 9.53 Å². The summed E-state index contributed by atoms with van der Waals surface area (Å²) in [5.74, 6) is 3.17. The van der Waals surface area contributed by atoms with Crippen molar-refractivity contribution in [2.24, 2.45) is 16.6 Å². The molecule has 0 fully saturated rings. The predicted octanol–water partition coefficient (Wildman–Crippen LogP) is -1.02. The van der Waals surface area contributed by atoms with Gasteiger partial charge in [-0.3, -0.25) is 9.80 Å². The number of aromatic amines is 1. The number of aliphatic imine (C=N–C) groups is 1. The van der Waals surface area contributed by atoms with Crippen molar-refractivity contribution in [2.45, 2.75) is 6.92 Å². The van der Waals surface area contributed by atoms with Crippen LogP contribution >= 0.6 is 0 Å². The summed E-state index contributed by atoms with van der Waals surface area (Å²) in [6.45, 7) is 8.83. The first kappa shape index (κ1) is 18.7. The van der Waals surface area contributed by atoms with E-state index in [1.807, 2.05) is 0 Å². The lowest BCUT2D eigenvalue weighted by Crippen LogP contribution is -2.43. The number of allylic oxidation sites excluding steroid dienone is 1. The SMILES string of the molecule is C=C/C(OC)=c1/c(C(=O)C(=O)O)c[nH]/c1=C(/N)N(N)C=NC(=C)C. The van der Waals surface area contributed by atoms with Gasteiger partial charge >= 0.3 is 5.97 Å². The lowest BCUT2D eigenvalue weighted by molar-refractivity contribution is -0.131. The summed E-state index contributed by atoms with van der Waals surface area (Å²) >= 11 is 0. The van der Waals surface area contributed by atoms with Gasteiger partial charge in [0.05, 0.1) is 23.2 Å². The maximum Gasteiger partial charge on any atom is 0.377 e. The van der Waals surface area contributed by atoms with E-state index in [9.17, 15) is 9.59 Å². The van der Waals surface area contributed by atoms with Crippen LogP contribution in [0.25, 0.3) is 11.6 Å². The topological polar surface area (TPSA) is 147 Å². The third-order valence-corrected chi connectivity index (χ3v) is 2.91. The fourth-order valence-electron chi connectivity index (χ4n) is 1.82. The first-order chi connectivity index (χ1) is 11.2. The fraction of sp³-hybridized carbons (Fsp3) is 0.133. The molecule has 0 aromatic carbocycles. The maximum absolute atomic E-state index is 11.9. The summed E-state index contributed by atoms with van der Waals surface area (Å²) in [5, 5.41) is 10.3. The van der Waals surface area contributed by atoms with Crippen LogP contribution in [0.15, 0.2) is 36.1 Å². The zero-order valence-corrected chi connectivity index (χ0v) is 13.4. The summed E-state index contributed by atoms with van der Waals surface area (Å²) in [4.78, 5) is 29.5. The Kier molecular flexibility index (Phi) is 6.07. The molecule has 1 rings (SSSR count). The molecular weight excluding hydrogens is 314 g/mol. The van der Waals surface area contributed by atoms with E-state index < -0.39 is 11.8 Å². The van der Waals surface area contributed by atoms with Gasteiger partial charge in [-0.15, -0.1) is 0 Å². The van der Waals surface area contributed by atoms with E-state index in [-0.39, 0.29) is 27.7 Å². The van der Waals surface area contributed by atoms with Crippen LogP contribution in [0.3, 0.4) is 0 Å². The molecule has 1 heterocycles. The van der Waals surface area contributed by atoms with Crippen molar-refractivity contribution in [3.63, 3.8) is 0 Å². The molecule has 6 N–H and O–H groups in total. The van der Waals surface area contributed by atoms with Gasteiger partial charge in [-0.05, 0) is 13.0 Å². The first-order valence-corrected chi connectivity index (χ1v) is 6.63. The minimum atomic E-state index is -1.62. The van der Waals surface area contributed by atoms with Crippen molar-refractivity contribution in [3.8, 4) is 0 Å². The molecule has 0 radical (unpaired) electrons. The lowest BCUT2D eigenvalue weighted by atomic mass is 10.1. The summed E-state index contributed by atoms with van der Waals surface area (Å²) in [5.41, 5.74) is 6.33. The molecule has 9 heteroatoms. The van der Waals surface area contributed by atoms with Crippen LogP contribution in [-0.4, -0.2) is 40.3 Å². The highest BCUT2D eigenvalue weighted by Crippen LogP contribution is 1.99. The van der Waals surface area contributed by atoms with Gasteiger partial charge in [0.15, 0.2) is 0 Å². The Hall–Kier alpha value is -3.33. The number of carboxylic acid groups (broad SMARTS) is 1. The Bertz CT molecular complexity index is 835. The minimum absolute atomic E-state index is 0.0177. The fourth-order valence-corrected chi connectivity index (χ4v) is 1.82. The van der Waals surface area contributed by atoms with Crippen molar-refractivity contribution in [2.75, 3.05) is 7.11 Å². The molecule has 1 aromatic rings. The summed E-state index contributed by atoms with van der Waals surface area (Å²) in [6, 6.07) is 0. The molecule has 0 aliphatic carbocycles. The van der Waals surface area contributed by atoms with E-state index >= 15 is 0 Å². The molecule has 0 saturated carbocycles. The quantitative estimate of drug-likeness (QED) is 0.125. The minimum Gasteiger partial charge on any atom is -0.496 e. The van der Waals surface area contributed by atoms with Gasteiger partial charge in [-0.1, -0.05) is 13.2 Å². The largest absolute Gasteiger partial charge is 0.496 e. The second-order valence-corrected chi connectivity index (χ2v) is 4.63. The molecule has 0 bridgehead atoms. The van der Waals surface area contributed by atoms with Crippen molar-refractivity contribution in [1.82, 2.24) is 9.99 Å². The van der Waals surface area contributed by atoms with Gasteiger partial charge < -0.3 is 20.6 Å². The standard InChI is InChI=1S/C15H19N5O4/c1-5-10(24-4)11-9(13(21)15(22)23)6-18-12(11)14(16)20(17)7-19-8(2)3/h5-7,18H,1-2,16-17H2,3-4H3,(H,22,23)/b11-10+,14-12-,19-7?. The van der Waals surface area contributed by atoms with Gasteiger partial charge in [-0.2, -0.15) is 0 Å². The summed E-state index contributed by atoms with van der Waals surface area (Å²) in [7, 11) is 1.35. The molecule has 0 unspecified atom stereocenters. The molecule has 0 saturated heterocycles. The Morgan fingerprint density at radius 2 is 2.12 bits per heavy atom. The van der Waals surface area contributed by atoms with Gasteiger partial charge in [0.25, 0.3) is 5.78 Å². The molecule has 24 heavy (non-hydrogen) atoms. The van der Waals surface area contributed by atoms with Crippen molar-refractivity contribution in [3.05, 3.63) is 47.3 Å². The smallest absolute Gasteiger partial charge is 0.377 e. The van der Waals surface area contributed by atoms with E-state index in [2.05, 4.69) is 23.1 Å². The molecule has 9 nitrogen and oxygen atoms in total. The molecule has 0 atom stereocenters. The highest BCUT2D eigenvalue weighted by Gasteiger charge is 2.20. The number of nitrogens with zero attached hydrogens (tertiary/aromatic N) is 2. The molecule has 128 valence electrons. The maximum atomic E-state index is 11.9. The highest BCUT2D eigenvalue weighted by atomic mass is 16.5. The number of ether oxygens (including phenoxy) is 1. The number of nitrogens with two attached hydrogens (primary N) is 2. The van der Waals surface area contributed by atoms with Gasteiger partial charge in [0.1, 0.15) is 17.9 Å². The highest BCUT2D eigenvalue weighted by molar-refractivity contribution is 6.39. The molecule has 0 aliphatic heterocycles. The monoisotopic (exact) mass is 333 g/mol. The Balaban J connectivity index is 3.79. The number of carbonyl (C=O) groups is 2. The molecule has 0 spiro atoms. The zero-order chi connectivity index (χ0) is 18.4. The van der Waals surface area contributed by atoms with Gasteiger partial charge in [0.2, 0.25) is 0 Å². The van der Waals surface area contributed by atoms with Crippen molar-refractivity contribution < 1.29 is 19.4 Å². The number of Topliss-reactive ketones (excluding diaryl/α,β-unsaturated/α-hetero) is 1. The zero-order valence-electron chi connectivity index (χ0n) is 13.4. The van der Waals surface area contributed by atoms with Crippen LogP contribution < -0.4 is 22.1 Å². The average molecular weight is 333 g/mol. The Morgan fingerprint density at radius 3 is 2.58 bits per heavy atom. The molecule has 0 aliphatic rings. The van der Waals surface area contributed by atoms with Crippen molar-refractivity contribution in [1.29, 1.82) is 0 Å². The number of H-pyrrole nitrogens is 1. The first-order valence-electron chi connectivity index (χ1n) is 6.63.